The van der Waals surface area contributed by atoms with Gasteiger partial charge in [0.2, 0.25) is 0 Å². The summed E-state index contributed by atoms with van der Waals surface area (Å²) in [4.78, 5) is 19.3. The number of hydrogen-bond donors (Lipinski definition) is 1. The fourth-order valence-electron chi connectivity index (χ4n) is 4.03. The zero-order chi connectivity index (χ0) is 24.3. The van der Waals surface area contributed by atoms with Crippen LogP contribution < -0.4 is 9.64 Å². The highest BCUT2D eigenvalue weighted by Gasteiger charge is 2.33. The van der Waals surface area contributed by atoms with Gasteiger partial charge in [0, 0.05) is 45.3 Å². The molecular formula is C25H33Cl2N3O3. The molecule has 2 aromatic carbocycles. The van der Waals surface area contributed by atoms with Crippen LogP contribution in [0.4, 0.5) is 5.69 Å². The fraction of sp³-hybridized carbons (Fsp3) is 0.480. The first-order chi connectivity index (χ1) is 15.6. The third kappa shape index (κ3) is 6.12. The van der Waals surface area contributed by atoms with Crippen molar-refractivity contribution in [3.8, 4) is 5.75 Å². The number of hydrogen-bond acceptors (Lipinski definition) is 5. The topological polar surface area (TPSA) is 56.3 Å². The molecular weight excluding hydrogens is 461 g/mol. The number of benzene rings is 2. The van der Waals surface area contributed by atoms with Crippen LogP contribution in [0.15, 0.2) is 36.4 Å². The minimum atomic E-state index is -0.288. The molecule has 1 heterocycles. The SMILES string of the molecule is C[C@@H]1CN([C@@H](C)CO)C(=O)c2cc(N(C)C)ccc2O[C@@H]1CN(C)Cc1ccc(Cl)c(Cl)c1. The van der Waals surface area contributed by atoms with Gasteiger partial charge in [0.1, 0.15) is 11.9 Å². The number of ether oxygens (including phenoxy) is 1. The second-order valence-electron chi connectivity index (χ2n) is 9.14. The van der Waals surface area contributed by atoms with Crippen molar-refractivity contribution < 1.29 is 14.6 Å². The van der Waals surface area contributed by atoms with Crippen molar-refractivity contribution in [3.05, 3.63) is 57.6 Å². The smallest absolute Gasteiger partial charge is 0.258 e. The van der Waals surface area contributed by atoms with Crippen LogP contribution in [-0.4, -0.2) is 73.8 Å². The lowest BCUT2D eigenvalue weighted by Crippen LogP contribution is -2.49. The van der Waals surface area contributed by atoms with E-state index in [1.807, 2.05) is 63.3 Å². The maximum absolute atomic E-state index is 13.4. The van der Waals surface area contributed by atoms with E-state index >= 15 is 0 Å². The van der Waals surface area contributed by atoms with Crippen LogP contribution in [0.2, 0.25) is 10.0 Å². The molecule has 0 unspecified atom stereocenters. The van der Waals surface area contributed by atoms with E-state index in [0.29, 0.717) is 41.0 Å². The van der Waals surface area contributed by atoms with Gasteiger partial charge in [-0.3, -0.25) is 9.69 Å². The number of halogens is 2. The number of amides is 1. The van der Waals surface area contributed by atoms with Gasteiger partial charge in [-0.1, -0.05) is 36.2 Å². The predicted molar refractivity (Wildman–Crippen MR) is 135 cm³/mol. The van der Waals surface area contributed by atoms with E-state index in [0.717, 1.165) is 11.3 Å². The van der Waals surface area contributed by atoms with E-state index in [1.54, 1.807) is 11.0 Å². The summed E-state index contributed by atoms with van der Waals surface area (Å²) in [6.07, 6.45) is -0.150. The largest absolute Gasteiger partial charge is 0.488 e. The van der Waals surface area contributed by atoms with Crippen molar-refractivity contribution >= 4 is 34.8 Å². The van der Waals surface area contributed by atoms with E-state index in [2.05, 4.69) is 11.8 Å². The van der Waals surface area contributed by atoms with Crippen molar-refractivity contribution in [2.24, 2.45) is 5.92 Å². The van der Waals surface area contributed by atoms with Crippen molar-refractivity contribution in [1.82, 2.24) is 9.80 Å². The lowest BCUT2D eigenvalue weighted by molar-refractivity contribution is 0.0341. The molecule has 1 amide bonds. The Morgan fingerprint density at radius 2 is 1.88 bits per heavy atom. The zero-order valence-electron chi connectivity index (χ0n) is 19.9. The van der Waals surface area contributed by atoms with Crippen molar-refractivity contribution in [3.63, 3.8) is 0 Å². The van der Waals surface area contributed by atoms with Crippen LogP contribution in [-0.2, 0) is 6.54 Å². The first kappa shape index (κ1) is 25.6. The molecule has 8 heteroatoms. The molecule has 2 aromatic rings. The summed E-state index contributed by atoms with van der Waals surface area (Å²) in [5.41, 5.74) is 2.50. The Labute approximate surface area is 206 Å². The second kappa shape index (κ2) is 11.0. The molecule has 1 aliphatic heterocycles. The number of aliphatic hydroxyl groups excluding tert-OH is 1. The Hall–Kier alpha value is -1.99. The van der Waals surface area contributed by atoms with Crippen LogP contribution in [0, 0.1) is 5.92 Å². The molecule has 33 heavy (non-hydrogen) atoms. The monoisotopic (exact) mass is 493 g/mol. The summed E-state index contributed by atoms with van der Waals surface area (Å²) >= 11 is 12.2. The maximum Gasteiger partial charge on any atom is 0.258 e. The molecule has 0 aromatic heterocycles. The van der Waals surface area contributed by atoms with Gasteiger partial charge in [-0.15, -0.1) is 0 Å². The summed E-state index contributed by atoms with van der Waals surface area (Å²) in [6.45, 7) is 5.70. The van der Waals surface area contributed by atoms with Gasteiger partial charge in [0.15, 0.2) is 0 Å². The molecule has 0 saturated carbocycles. The minimum absolute atomic E-state index is 0.0564. The molecule has 1 aliphatic rings. The minimum Gasteiger partial charge on any atom is -0.488 e. The molecule has 3 rings (SSSR count). The molecule has 0 spiro atoms. The number of likely N-dealkylation sites (N-methyl/N-ethyl adjacent to an activating group) is 1. The number of aliphatic hydroxyl groups is 1. The molecule has 0 fully saturated rings. The van der Waals surface area contributed by atoms with Gasteiger partial charge < -0.3 is 19.6 Å². The quantitative estimate of drug-likeness (QED) is 0.618. The average molecular weight is 494 g/mol. The molecule has 3 atom stereocenters. The molecule has 0 saturated heterocycles. The van der Waals surface area contributed by atoms with Crippen LogP contribution in [0.5, 0.6) is 5.75 Å². The van der Waals surface area contributed by atoms with Gasteiger partial charge in [-0.25, -0.2) is 0 Å². The Morgan fingerprint density at radius 1 is 1.15 bits per heavy atom. The highest BCUT2D eigenvalue weighted by atomic mass is 35.5. The van der Waals surface area contributed by atoms with Crippen LogP contribution in [0.3, 0.4) is 0 Å². The van der Waals surface area contributed by atoms with E-state index in [9.17, 15) is 9.90 Å². The lowest BCUT2D eigenvalue weighted by atomic mass is 9.99. The predicted octanol–water partition coefficient (Wildman–Crippen LogP) is 4.41. The molecule has 0 radical (unpaired) electrons. The maximum atomic E-state index is 13.4. The standard InChI is InChI=1S/C25H33Cl2N3O3/c1-16-12-30(17(2)15-31)25(32)20-11-19(28(3)4)7-9-23(20)33-24(16)14-29(5)13-18-6-8-21(26)22(27)10-18/h6-11,16-17,24,31H,12-15H2,1-5H3/t16-,17+,24-/m1/s1. The highest BCUT2D eigenvalue weighted by molar-refractivity contribution is 6.42. The number of rotatable bonds is 7. The van der Waals surface area contributed by atoms with Crippen LogP contribution in [0.25, 0.3) is 0 Å². The summed E-state index contributed by atoms with van der Waals surface area (Å²) < 4.78 is 6.45. The van der Waals surface area contributed by atoms with Gasteiger partial charge in [-0.2, -0.15) is 0 Å². The van der Waals surface area contributed by atoms with Gasteiger partial charge in [0.25, 0.3) is 5.91 Å². The molecule has 6 nitrogen and oxygen atoms in total. The number of fused-ring (bicyclic) bond motifs is 1. The van der Waals surface area contributed by atoms with Crippen LogP contribution in [0.1, 0.15) is 29.8 Å². The average Bonchev–Trinajstić information content (AvgIpc) is 2.77. The number of nitrogens with zero attached hydrogens (tertiary/aromatic N) is 3. The molecule has 0 bridgehead atoms. The Bertz CT molecular complexity index is 985. The molecule has 0 aliphatic carbocycles. The van der Waals surface area contributed by atoms with Crippen LogP contribution >= 0.6 is 23.2 Å². The van der Waals surface area contributed by atoms with Gasteiger partial charge >= 0.3 is 0 Å². The summed E-state index contributed by atoms with van der Waals surface area (Å²) in [7, 11) is 5.91. The lowest BCUT2D eigenvalue weighted by Gasteiger charge is -2.38. The highest BCUT2D eigenvalue weighted by Crippen LogP contribution is 2.31. The third-order valence-electron chi connectivity index (χ3n) is 6.09. The first-order valence-electron chi connectivity index (χ1n) is 11.1. The Balaban J connectivity index is 1.88. The summed E-state index contributed by atoms with van der Waals surface area (Å²) in [5, 5.41) is 10.9. The number of carbonyl (C=O) groups excluding carboxylic acids is 1. The second-order valence-corrected chi connectivity index (χ2v) is 9.96. The summed E-state index contributed by atoms with van der Waals surface area (Å²) in [6, 6.07) is 11.0. The van der Waals surface area contributed by atoms with E-state index in [1.165, 1.54) is 0 Å². The zero-order valence-corrected chi connectivity index (χ0v) is 21.4. The number of anilines is 1. The van der Waals surface area contributed by atoms with Gasteiger partial charge in [0.05, 0.1) is 28.3 Å². The van der Waals surface area contributed by atoms with E-state index < -0.39 is 0 Å². The normalized spacial score (nSPS) is 19.5. The Morgan fingerprint density at radius 3 is 2.52 bits per heavy atom. The van der Waals surface area contributed by atoms with E-state index in [-0.39, 0.29) is 30.6 Å². The molecule has 180 valence electrons. The van der Waals surface area contributed by atoms with Gasteiger partial charge in [-0.05, 0) is 49.9 Å². The van der Waals surface area contributed by atoms with Crippen molar-refractivity contribution in [1.29, 1.82) is 0 Å². The van der Waals surface area contributed by atoms with Crippen molar-refractivity contribution in [2.75, 3.05) is 45.7 Å². The molecule has 1 N–H and O–H groups in total. The summed E-state index contributed by atoms with van der Waals surface area (Å²) in [5.74, 6) is 0.505. The van der Waals surface area contributed by atoms with Crippen molar-refractivity contribution in [2.45, 2.75) is 32.5 Å². The first-order valence-corrected chi connectivity index (χ1v) is 11.9. The fourth-order valence-corrected chi connectivity index (χ4v) is 4.35. The third-order valence-corrected chi connectivity index (χ3v) is 6.83. The Kier molecular flexibility index (Phi) is 8.51. The number of carbonyl (C=O) groups is 1. The van der Waals surface area contributed by atoms with E-state index in [4.69, 9.17) is 27.9 Å².